The van der Waals surface area contributed by atoms with Gasteiger partial charge in [0.25, 0.3) is 5.91 Å². The van der Waals surface area contributed by atoms with Gasteiger partial charge in [0.05, 0.1) is 13.2 Å². The molecule has 1 aliphatic heterocycles. The third kappa shape index (κ3) is 2.45. The van der Waals surface area contributed by atoms with Crippen molar-refractivity contribution in [2.75, 3.05) is 19.1 Å². The van der Waals surface area contributed by atoms with Crippen molar-refractivity contribution < 1.29 is 14.3 Å². The summed E-state index contributed by atoms with van der Waals surface area (Å²) in [6, 6.07) is 14.7. The largest absolute Gasteiger partial charge is 0.497 e. The summed E-state index contributed by atoms with van der Waals surface area (Å²) in [5.74, 6) is 0.704. The lowest BCUT2D eigenvalue weighted by atomic mass is 9.90. The minimum atomic E-state index is -0.469. The number of anilines is 1. The first-order valence-electron chi connectivity index (χ1n) is 6.91. The van der Waals surface area contributed by atoms with Crippen LogP contribution in [0.25, 0.3) is 0 Å². The Bertz CT molecular complexity index is 669. The molecule has 4 nitrogen and oxygen atoms in total. The zero-order chi connectivity index (χ0) is 15.7. The van der Waals surface area contributed by atoms with Crippen LogP contribution in [0.3, 0.4) is 0 Å². The summed E-state index contributed by atoms with van der Waals surface area (Å²) < 4.78 is 10.5. The number of benzene rings is 2. The van der Waals surface area contributed by atoms with Crippen LogP contribution >= 0.6 is 11.6 Å². The van der Waals surface area contributed by atoms with E-state index in [1.165, 1.54) is 0 Å². The number of hydrogen-bond donors (Lipinski definition) is 0. The molecule has 0 spiro atoms. The van der Waals surface area contributed by atoms with Crippen LogP contribution in [0.4, 0.5) is 5.69 Å². The molecule has 1 fully saturated rings. The summed E-state index contributed by atoms with van der Waals surface area (Å²) >= 11 is 5.94. The van der Waals surface area contributed by atoms with Gasteiger partial charge in [-0.25, -0.2) is 0 Å². The maximum absolute atomic E-state index is 12.3. The lowest BCUT2D eigenvalue weighted by molar-refractivity contribution is -0.139. The summed E-state index contributed by atoms with van der Waals surface area (Å²) in [6.07, 6.45) is -0.469. The van der Waals surface area contributed by atoms with Crippen LogP contribution in [0, 0.1) is 0 Å². The van der Waals surface area contributed by atoms with E-state index in [9.17, 15) is 4.79 Å². The van der Waals surface area contributed by atoms with E-state index >= 15 is 0 Å². The highest BCUT2D eigenvalue weighted by atomic mass is 35.5. The summed E-state index contributed by atoms with van der Waals surface area (Å²) in [6.45, 7) is 0. The highest BCUT2D eigenvalue weighted by Crippen LogP contribution is 2.41. The van der Waals surface area contributed by atoms with Crippen LogP contribution in [0.1, 0.15) is 11.6 Å². The Kier molecular flexibility index (Phi) is 4.05. The topological polar surface area (TPSA) is 38.8 Å². The number of carbonyl (C=O) groups is 1. The van der Waals surface area contributed by atoms with Gasteiger partial charge in [-0.2, -0.15) is 0 Å². The number of ether oxygens (including phenoxy) is 2. The predicted octanol–water partition coefficient (Wildman–Crippen LogP) is 3.45. The van der Waals surface area contributed by atoms with Crippen molar-refractivity contribution in [1.82, 2.24) is 0 Å². The average molecular weight is 318 g/mol. The average Bonchev–Trinajstić information content (AvgIpc) is 2.55. The van der Waals surface area contributed by atoms with Crippen molar-refractivity contribution >= 4 is 23.2 Å². The molecular formula is C17H16ClNO3. The standard InChI is InChI=1S/C17H16ClNO3/c1-21-14-9-7-13(8-10-14)19-15(16(22-2)17(19)20)11-3-5-12(18)6-4-11/h3-10,15-16H,1-2H3. The van der Waals surface area contributed by atoms with E-state index in [0.717, 1.165) is 17.0 Å². The zero-order valence-electron chi connectivity index (χ0n) is 12.3. The summed E-state index contributed by atoms with van der Waals surface area (Å²) in [5, 5.41) is 0.666. The Labute approximate surface area is 134 Å². The number of halogens is 1. The highest BCUT2D eigenvalue weighted by molar-refractivity contribution is 6.30. The van der Waals surface area contributed by atoms with Gasteiger partial charge in [0.1, 0.15) is 5.75 Å². The summed E-state index contributed by atoms with van der Waals surface area (Å²) in [4.78, 5) is 14.1. The van der Waals surface area contributed by atoms with E-state index in [0.29, 0.717) is 5.02 Å². The molecule has 1 heterocycles. The smallest absolute Gasteiger partial charge is 0.259 e. The van der Waals surface area contributed by atoms with Gasteiger partial charge < -0.3 is 9.47 Å². The van der Waals surface area contributed by atoms with Crippen molar-refractivity contribution in [3.8, 4) is 5.75 Å². The number of carbonyl (C=O) groups excluding carboxylic acids is 1. The normalized spacial score (nSPS) is 20.7. The quantitative estimate of drug-likeness (QED) is 0.811. The first-order valence-corrected chi connectivity index (χ1v) is 7.29. The predicted molar refractivity (Wildman–Crippen MR) is 85.5 cm³/mol. The SMILES string of the molecule is COc1ccc(N2C(=O)C(OC)C2c2ccc(Cl)cc2)cc1. The van der Waals surface area contributed by atoms with E-state index in [-0.39, 0.29) is 11.9 Å². The molecule has 1 aliphatic rings. The van der Waals surface area contributed by atoms with Gasteiger partial charge in [-0.3, -0.25) is 9.69 Å². The van der Waals surface area contributed by atoms with Gasteiger partial charge in [0, 0.05) is 17.8 Å². The molecule has 2 unspecified atom stereocenters. The molecule has 114 valence electrons. The second kappa shape index (κ2) is 5.99. The minimum absolute atomic E-state index is 0.0485. The second-order valence-corrected chi connectivity index (χ2v) is 5.50. The van der Waals surface area contributed by atoms with Gasteiger partial charge in [-0.15, -0.1) is 0 Å². The molecule has 3 rings (SSSR count). The van der Waals surface area contributed by atoms with Gasteiger partial charge in [0.15, 0.2) is 6.10 Å². The Balaban J connectivity index is 1.94. The van der Waals surface area contributed by atoms with E-state index in [2.05, 4.69) is 0 Å². The number of amides is 1. The molecule has 0 radical (unpaired) electrons. The molecule has 0 N–H and O–H groups in total. The molecule has 2 aromatic carbocycles. The Morgan fingerprint density at radius 2 is 1.64 bits per heavy atom. The number of hydrogen-bond acceptors (Lipinski definition) is 3. The van der Waals surface area contributed by atoms with Crippen molar-refractivity contribution in [2.24, 2.45) is 0 Å². The molecule has 2 atom stereocenters. The molecule has 1 saturated heterocycles. The molecule has 1 amide bonds. The van der Waals surface area contributed by atoms with E-state index in [1.807, 2.05) is 48.5 Å². The van der Waals surface area contributed by atoms with Crippen LogP contribution in [-0.4, -0.2) is 26.2 Å². The third-order valence-corrected chi connectivity index (χ3v) is 4.11. The maximum Gasteiger partial charge on any atom is 0.259 e. The minimum Gasteiger partial charge on any atom is -0.497 e. The second-order valence-electron chi connectivity index (χ2n) is 5.06. The lowest BCUT2D eigenvalue weighted by Crippen LogP contribution is -2.59. The fraction of sp³-hybridized carbons (Fsp3) is 0.235. The first-order chi connectivity index (χ1) is 10.7. The molecule has 0 saturated carbocycles. The van der Waals surface area contributed by atoms with Crippen molar-refractivity contribution in [2.45, 2.75) is 12.1 Å². The van der Waals surface area contributed by atoms with E-state index in [4.69, 9.17) is 21.1 Å². The molecule has 2 aromatic rings. The summed E-state index contributed by atoms with van der Waals surface area (Å²) in [7, 11) is 3.16. The lowest BCUT2D eigenvalue weighted by Gasteiger charge is -2.46. The Hall–Kier alpha value is -2.04. The van der Waals surface area contributed by atoms with Gasteiger partial charge in [-0.1, -0.05) is 23.7 Å². The fourth-order valence-corrected chi connectivity index (χ4v) is 2.83. The van der Waals surface area contributed by atoms with Gasteiger partial charge in [-0.05, 0) is 42.0 Å². The van der Waals surface area contributed by atoms with Crippen LogP contribution in [0.5, 0.6) is 5.75 Å². The van der Waals surface area contributed by atoms with Gasteiger partial charge >= 0.3 is 0 Å². The third-order valence-electron chi connectivity index (χ3n) is 3.86. The number of nitrogens with zero attached hydrogens (tertiary/aromatic N) is 1. The Morgan fingerprint density at radius 1 is 1.00 bits per heavy atom. The van der Waals surface area contributed by atoms with Crippen molar-refractivity contribution in [3.05, 3.63) is 59.1 Å². The molecule has 22 heavy (non-hydrogen) atoms. The highest BCUT2D eigenvalue weighted by Gasteiger charge is 2.49. The number of β-lactam (4-membered cyclic amide) rings is 1. The monoisotopic (exact) mass is 317 g/mol. The van der Waals surface area contributed by atoms with Crippen molar-refractivity contribution in [1.29, 1.82) is 0 Å². The van der Waals surface area contributed by atoms with Crippen LogP contribution in [0.15, 0.2) is 48.5 Å². The fourth-order valence-electron chi connectivity index (χ4n) is 2.71. The molecule has 0 bridgehead atoms. The zero-order valence-corrected chi connectivity index (χ0v) is 13.1. The molecule has 0 aliphatic carbocycles. The molecule has 5 heteroatoms. The van der Waals surface area contributed by atoms with Crippen LogP contribution in [0.2, 0.25) is 5.02 Å². The number of rotatable bonds is 4. The van der Waals surface area contributed by atoms with Gasteiger partial charge in [0.2, 0.25) is 0 Å². The van der Waals surface area contributed by atoms with Crippen molar-refractivity contribution in [3.63, 3.8) is 0 Å². The van der Waals surface area contributed by atoms with E-state index < -0.39 is 6.10 Å². The molecular weight excluding hydrogens is 302 g/mol. The Morgan fingerprint density at radius 3 is 2.18 bits per heavy atom. The number of methoxy groups -OCH3 is 2. The summed E-state index contributed by atoms with van der Waals surface area (Å²) in [5.41, 5.74) is 1.81. The van der Waals surface area contributed by atoms with E-state index in [1.54, 1.807) is 19.1 Å². The molecule has 0 aromatic heterocycles. The van der Waals surface area contributed by atoms with Crippen LogP contribution < -0.4 is 9.64 Å². The van der Waals surface area contributed by atoms with Crippen LogP contribution in [-0.2, 0) is 9.53 Å². The first kappa shape index (κ1) is 14.9. The maximum atomic E-state index is 12.3.